The van der Waals surface area contributed by atoms with Crippen LogP contribution in [0.2, 0.25) is 0 Å². The number of ether oxygens (including phenoxy) is 1. The highest BCUT2D eigenvalue weighted by Crippen LogP contribution is 2.26. The van der Waals surface area contributed by atoms with E-state index in [9.17, 15) is 9.90 Å². The van der Waals surface area contributed by atoms with Crippen molar-refractivity contribution in [2.45, 2.75) is 26.5 Å². The lowest BCUT2D eigenvalue weighted by atomic mass is 10.1. The summed E-state index contributed by atoms with van der Waals surface area (Å²) in [5, 5.41) is 18.3. The summed E-state index contributed by atoms with van der Waals surface area (Å²) in [6.07, 6.45) is 3.91. The molecule has 1 aromatic carbocycles. The van der Waals surface area contributed by atoms with E-state index < -0.39 is 0 Å². The van der Waals surface area contributed by atoms with Gasteiger partial charge in [-0.1, -0.05) is 12.1 Å². The Morgan fingerprint density at radius 1 is 1.21 bits per heavy atom. The van der Waals surface area contributed by atoms with Crippen molar-refractivity contribution in [2.75, 3.05) is 7.11 Å². The summed E-state index contributed by atoms with van der Waals surface area (Å²) in [5.41, 5.74) is 1.82. The number of hydrogen-bond donors (Lipinski definition) is 1. The second-order valence-electron chi connectivity index (χ2n) is 6.20. The Balaban J connectivity index is 1.79. The normalized spacial score (nSPS) is 11.2. The van der Waals surface area contributed by atoms with E-state index in [0.29, 0.717) is 40.7 Å². The topological polar surface area (TPSA) is 108 Å². The van der Waals surface area contributed by atoms with Crippen molar-refractivity contribution >= 4 is 5.52 Å². The number of rotatable bonds is 6. The molecule has 28 heavy (non-hydrogen) atoms. The monoisotopic (exact) mass is 381 g/mol. The van der Waals surface area contributed by atoms with Crippen LogP contribution in [0.15, 0.2) is 46.0 Å². The molecular formula is C19H19N5O4. The molecule has 0 aliphatic heterocycles. The van der Waals surface area contributed by atoms with E-state index in [1.807, 2.05) is 19.1 Å². The molecule has 0 atom stereocenters. The lowest BCUT2D eigenvalue weighted by Crippen LogP contribution is -2.23. The fraction of sp³-hybridized carbons (Fsp3) is 0.263. The number of methoxy groups -OCH3 is 1. The minimum Gasteiger partial charge on any atom is -0.497 e. The number of aromatic nitrogens is 5. The first-order chi connectivity index (χ1) is 13.6. The van der Waals surface area contributed by atoms with Crippen molar-refractivity contribution in [2.24, 2.45) is 0 Å². The molecule has 0 aliphatic rings. The van der Waals surface area contributed by atoms with Gasteiger partial charge >= 0.3 is 0 Å². The molecule has 0 fully saturated rings. The molecule has 0 radical (unpaired) electrons. The summed E-state index contributed by atoms with van der Waals surface area (Å²) in [6.45, 7) is 1.77. The van der Waals surface area contributed by atoms with Crippen LogP contribution in [0.5, 0.6) is 5.75 Å². The van der Waals surface area contributed by atoms with Gasteiger partial charge in [0.05, 0.1) is 26.0 Å². The van der Waals surface area contributed by atoms with E-state index in [1.54, 1.807) is 31.6 Å². The first-order valence-electron chi connectivity index (χ1n) is 8.82. The number of hydrogen-bond acceptors (Lipinski definition) is 7. The highest BCUT2D eigenvalue weighted by molar-refractivity contribution is 5.72. The van der Waals surface area contributed by atoms with Gasteiger partial charge in [0.2, 0.25) is 5.89 Å². The Kier molecular flexibility index (Phi) is 4.66. The van der Waals surface area contributed by atoms with Crippen LogP contribution in [-0.2, 0) is 19.6 Å². The van der Waals surface area contributed by atoms with Gasteiger partial charge in [-0.25, -0.2) is 4.52 Å². The van der Waals surface area contributed by atoms with E-state index in [4.69, 9.17) is 9.26 Å². The molecule has 0 unspecified atom stereocenters. The van der Waals surface area contributed by atoms with Crippen molar-refractivity contribution in [1.82, 2.24) is 24.3 Å². The van der Waals surface area contributed by atoms with Crippen LogP contribution in [0.4, 0.5) is 0 Å². The Morgan fingerprint density at radius 3 is 2.64 bits per heavy atom. The van der Waals surface area contributed by atoms with Gasteiger partial charge in [-0.05, 0) is 24.3 Å². The Hall–Kier alpha value is -3.46. The fourth-order valence-electron chi connectivity index (χ4n) is 3.06. The maximum absolute atomic E-state index is 13.0. The van der Waals surface area contributed by atoms with Gasteiger partial charge in [0, 0.05) is 29.9 Å². The third-order valence-electron chi connectivity index (χ3n) is 4.51. The Bertz CT molecular complexity index is 1170. The average molecular weight is 381 g/mol. The minimum absolute atomic E-state index is 0.173. The van der Waals surface area contributed by atoms with E-state index in [1.165, 1.54) is 9.08 Å². The van der Waals surface area contributed by atoms with E-state index >= 15 is 0 Å². The molecule has 9 nitrogen and oxygen atoms in total. The lowest BCUT2D eigenvalue weighted by molar-refractivity contribution is 0.283. The van der Waals surface area contributed by atoms with Crippen LogP contribution in [0.25, 0.3) is 16.8 Å². The van der Waals surface area contributed by atoms with Crippen LogP contribution in [-0.4, -0.2) is 36.5 Å². The molecule has 4 rings (SSSR count). The van der Waals surface area contributed by atoms with Crippen molar-refractivity contribution < 1.29 is 14.4 Å². The van der Waals surface area contributed by atoms with Crippen LogP contribution < -0.4 is 10.3 Å². The summed E-state index contributed by atoms with van der Waals surface area (Å²) in [4.78, 5) is 17.3. The molecule has 0 amide bonds. The summed E-state index contributed by atoms with van der Waals surface area (Å²) in [7, 11) is 1.59. The summed E-state index contributed by atoms with van der Waals surface area (Å²) in [5.74, 6) is 1.65. The van der Waals surface area contributed by atoms with Gasteiger partial charge in [-0.15, -0.1) is 0 Å². The Morgan fingerprint density at radius 2 is 2.00 bits per heavy atom. The molecule has 1 N–H and O–H groups in total. The van der Waals surface area contributed by atoms with Crippen molar-refractivity contribution in [3.63, 3.8) is 0 Å². The molecule has 0 saturated heterocycles. The van der Waals surface area contributed by atoms with Crippen LogP contribution in [0, 0.1) is 0 Å². The molecule has 4 aromatic rings. The molecule has 3 aromatic heterocycles. The van der Waals surface area contributed by atoms with Crippen molar-refractivity contribution in [1.29, 1.82) is 0 Å². The summed E-state index contributed by atoms with van der Waals surface area (Å²) < 4.78 is 13.2. The zero-order valence-electron chi connectivity index (χ0n) is 15.5. The molecule has 3 heterocycles. The largest absolute Gasteiger partial charge is 0.497 e. The SMILES string of the molecule is CCc1nc(Cn2ccn3nc(-c4ccc(OC)cc4)c(CO)c3c2=O)no1. The second-order valence-corrected chi connectivity index (χ2v) is 6.20. The van der Waals surface area contributed by atoms with Crippen LogP contribution in [0.1, 0.15) is 24.2 Å². The highest BCUT2D eigenvalue weighted by atomic mass is 16.5. The first kappa shape index (κ1) is 17.9. The molecule has 9 heteroatoms. The average Bonchev–Trinajstić information content (AvgIpc) is 3.34. The van der Waals surface area contributed by atoms with Gasteiger partial charge in [0.15, 0.2) is 5.82 Å². The summed E-state index contributed by atoms with van der Waals surface area (Å²) in [6, 6.07) is 7.29. The predicted octanol–water partition coefficient (Wildman–Crippen LogP) is 1.66. The van der Waals surface area contributed by atoms with Crippen LogP contribution >= 0.6 is 0 Å². The maximum atomic E-state index is 13.0. The summed E-state index contributed by atoms with van der Waals surface area (Å²) >= 11 is 0. The number of aliphatic hydroxyl groups excluding tert-OH is 1. The van der Waals surface area contributed by atoms with E-state index in [-0.39, 0.29) is 18.7 Å². The molecular weight excluding hydrogens is 362 g/mol. The number of fused-ring (bicyclic) bond motifs is 1. The smallest absolute Gasteiger partial charge is 0.277 e. The molecule has 0 aliphatic carbocycles. The quantitative estimate of drug-likeness (QED) is 0.541. The van der Waals surface area contributed by atoms with Crippen molar-refractivity contribution in [3.05, 3.63) is 64.3 Å². The molecule has 0 saturated carbocycles. The van der Waals surface area contributed by atoms with Gasteiger partial charge < -0.3 is 18.9 Å². The van der Waals surface area contributed by atoms with Gasteiger partial charge in [0.25, 0.3) is 5.56 Å². The standard InChI is InChI=1S/C19H19N5O4/c1-3-16-20-15(22-28-16)10-23-8-9-24-18(19(23)26)14(11-25)17(21-24)12-4-6-13(27-2)7-5-12/h4-9,25H,3,10-11H2,1-2H3. The first-order valence-corrected chi connectivity index (χ1v) is 8.82. The zero-order chi connectivity index (χ0) is 19.7. The van der Waals surface area contributed by atoms with E-state index in [2.05, 4.69) is 15.2 Å². The zero-order valence-corrected chi connectivity index (χ0v) is 15.5. The van der Waals surface area contributed by atoms with E-state index in [0.717, 1.165) is 5.56 Å². The third kappa shape index (κ3) is 3.05. The van der Waals surface area contributed by atoms with Gasteiger partial charge in [0.1, 0.15) is 11.3 Å². The Labute approximate surface area is 159 Å². The lowest BCUT2D eigenvalue weighted by Gasteiger charge is -2.04. The van der Waals surface area contributed by atoms with Gasteiger partial charge in [-0.3, -0.25) is 4.79 Å². The fourth-order valence-corrected chi connectivity index (χ4v) is 3.06. The van der Waals surface area contributed by atoms with Crippen LogP contribution in [0.3, 0.4) is 0 Å². The number of aryl methyl sites for hydroxylation is 1. The predicted molar refractivity (Wildman–Crippen MR) is 100 cm³/mol. The molecule has 144 valence electrons. The minimum atomic E-state index is -0.313. The van der Waals surface area contributed by atoms with Gasteiger partial charge in [-0.2, -0.15) is 10.1 Å². The maximum Gasteiger partial charge on any atom is 0.277 e. The molecule has 0 spiro atoms. The second kappa shape index (κ2) is 7.28. The highest BCUT2D eigenvalue weighted by Gasteiger charge is 2.18. The third-order valence-corrected chi connectivity index (χ3v) is 4.51. The number of nitrogens with zero attached hydrogens (tertiary/aromatic N) is 5. The molecule has 0 bridgehead atoms. The number of aliphatic hydroxyl groups is 1. The van der Waals surface area contributed by atoms with Crippen molar-refractivity contribution in [3.8, 4) is 17.0 Å². The number of benzene rings is 1.